The first-order valence-corrected chi connectivity index (χ1v) is 6.07. The summed E-state index contributed by atoms with van der Waals surface area (Å²) < 4.78 is 0. The summed E-state index contributed by atoms with van der Waals surface area (Å²) in [5.41, 5.74) is 4.69. The highest BCUT2D eigenvalue weighted by Gasteiger charge is 2.23. The maximum Gasteiger partial charge on any atom is 0.169 e. The summed E-state index contributed by atoms with van der Waals surface area (Å²) in [6.45, 7) is 6.24. The summed E-state index contributed by atoms with van der Waals surface area (Å²) >= 11 is 0. The zero-order valence-corrected chi connectivity index (χ0v) is 10.7. The van der Waals surface area contributed by atoms with Gasteiger partial charge in [-0.05, 0) is 25.8 Å². The van der Waals surface area contributed by atoms with Crippen molar-refractivity contribution < 1.29 is 4.79 Å². The third kappa shape index (κ3) is 2.23. The summed E-state index contributed by atoms with van der Waals surface area (Å²) in [5.74, 6) is 0.217. The normalized spacial score (nSPS) is 17.0. The Bertz CT molecular complexity index is 492. The Morgan fingerprint density at radius 3 is 2.35 bits per heavy atom. The van der Waals surface area contributed by atoms with Gasteiger partial charge in [-0.3, -0.25) is 4.79 Å². The number of hydrogen-bond donors (Lipinski definition) is 0. The number of carbonyl (C=O) groups is 1. The van der Waals surface area contributed by atoms with Gasteiger partial charge in [0.1, 0.15) is 0 Å². The van der Waals surface area contributed by atoms with E-state index in [1.165, 1.54) is 16.7 Å². The van der Waals surface area contributed by atoms with Crippen LogP contribution >= 0.6 is 0 Å². The standard InChI is InChI=1S/C16H18O/c1-11-9-10-15(12(11)2)13(3)16(17)14-7-5-4-6-8-14/h4-9,13H,10H2,1-3H3. The molecule has 1 aliphatic carbocycles. The molecule has 0 N–H and O–H groups in total. The van der Waals surface area contributed by atoms with Crippen LogP contribution in [-0.4, -0.2) is 5.78 Å². The van der Waals surface area contributed by atoms with Crippen molar-refractivity contribution in [3.8, 4) is 0 Å². The van der Waals surface area contributed by atoms with Crippen molar-refractivity contribution in [2.24, 2.45) is 5.92 Å². The van der Waals surface area contributed by atoms with Gasteiger partial charge in [-0.2, -0.15) is 0 Å². The molecule has 88 valence electrons. The Kier molecular flexibility index (Phi) is 3.28. The van der Waals surface area contributed by atoms with E-state index in [0.29, 0.717) is 0 Å². The number of rotatable bonds is 3. The molecule has 0 saturated carbocycles. The average Bonchev–Trinajstić information content (AvgIpc) is 2.69. The van der Waals surface area contributed by atoms with E-state index >= 15 is 0 Å². The Morgan fingerprint density at radius 2 is 1.82 bits per heavy atom. The molecule has 0 amide bonds. The Balaban J connectivity index is 2.23. The second kappa shape index (κ2) is 4.70. The highest BCUT2D eigenvalue weighted by atomic mass is 16.1. The highest BCUT2D eigenvalue weighted by molar-refractivity contribution is 5.99. The van der Waals surface area contributed by atoms with Crippen LogP contribution in [0.1, 0.15) is 37.6 Å². The van der Waals surface area contributed by atoms with E-state index in [0.717, 1.165) is 12.0 Å². The fraction of sp³-hybridized carbons (Fsp3) is 0.312. The molecule has 1 unspecified atom stereocenters. The number of Topliss-reactive ketones (excluding diaryl/α,β-unsaturated/α-hetero) is 1. The monoisotopic (exact) mass is 226 g/mol. The average molecular weight is 226 g/mol. The zero-order valence-electron chi connectivity index (χ0n) is 10.7. The Labute approximate surface area is 103 Å². The largest absolute Gasteiger partial charge is 0.294 e. The van der Waals surface area contributed by atoms with Crippen molar-refractivity contribution in [3.05, 3.63) is 58.7 Å². The minimum atomic E-state index is -0.00824. The molecule has 0 saturated heterocycles. The van der Waals surface area contributed by atoms with Crippen LogP contribution in [0.2, 0.25) is 0 Å². The second-order valence-corrected chi connectivity index (χ2v) is 4.69. The van der Waals surface area contributed by atoms with Crippen LogP contribution in [0.3, 0.4) is 0 Å². The van der Waals surface area contributed by atoms with Gasteiger partial charge in [-0.15, -0.1) is 0 Å². The van der Waals surface area contributed by atoms with Crippen LogP contribution in [0.5, 0.6) is 0 Å². The minimum Gasteiger partial charge on any atom is -0.294 e. The van der Waals surface area contributed by atoms with Gasteiger partial charge in [0.25, 0.3) is 0 Å². The van der Waals surface area contributed by atoms with Crippen LogP contribution < -0.4 is 0 Å². The number of carbonyl (C=O) groups excluding carboxylic acids is 1. The fourth-order valence-corrected chi connectivity index (χ4v) is 2.33. The molecule has 0 bridgehead atoms. The summed E-state index contributed by atoms with van der Waals surface area (Å²) in [7, 11) is 0. The second-order valence-electron chi connectivity index (χ2n) is 4.69. The summed E-state index contributed by atoms with van der Waals surface area (Å²) in [6.07, 6.45) is 3.14. The topological polar surface area (TPSA) is 17.1 Å². The number of ketones is 1. The van der Waals surface area contributed by atoms with Crippen LogP contribution in [0, 0.1) is 5.92 Å². The van der Waals surface area contributed by atoms with Gasteiger partial charge in [-0.25, -0.2) is 0 Å². The van der Waals surface area contributed by atoms with E-state index in [1.807, 2.05) is 37.3 Å². The van der Waals surface area contributed by atoms with Gasteiger partial charge in [-0.1, -0.05) is 54.5 Å². The molecular formula is C16H18O. The maximum atomic E-state index is 12.3. The van der Waals surface area contributed by atoms with Crippen molar-refractivity contribution >= 4 is 5.78 Å². The molecule has 1 aromatic carbocycles. The van der Waals surface area contributed by atoms with E-state index in [1.54, 1.807) is 0 Å². The molecule has 17 heavy (non-hydrogen) atoms. The van der Waals surface area contributed by atoms with Gasteiger partial charge in [0.2, 0.25) is 0 Å². The van der Waals surface area contributed by atoms with Gasteiger partial charge in [0.05, 0.1) is 0 Å². The zero-order chi connectivity index (χ0) is 12.4. The number of hydrogen-bond acceptors (Lipinski definition) is 1. The quantitative estimate of drug-likeness (QED) is 0.707. The fourth-order valence-electron chi connectivity index (χ4n) is 2.33. The van der Waals surface area contributed by atoms with Crippen LogP contribution in [0.4, 0.5) is 0 Å². The summed E-state index contributed by atoms with van der Waals surface area (Å²) in [4.78, 5) is 12.3. The molecule has 1 nitrogen and oxygen atoms in total. The molecule has 0 aliphatic heterocycles. The lowest BCUT2D eigenvalue weighted by Crippen LogP contribution is -2.13. The van der Waals surface area contributed by atoms with Gasteiger partial charge < -0.3 is 0 Å². The van der Waals surface area contributed by atoms with Crippen molar-refractivity contribution in [3.63, 3.8) is 0 Å². The van der Waals surface area contributed by atoms with Crippen molar-refractivity contribution in [2.75, 3.05) is 0 Å². The van der Waals surface area contributed by atoms with E-state index in [-0.39, 0.29) is 11.7 Å². The van der Waals surface area contributed by atoms with E-state index < -0.39 is 0 Å². The lowest BCUT2D eigenvalue weighted by atomic mass is 9.89. The predicted octanol–water partition coefficient (Wildman–Crippen LogP) is 4.17. The molecule has 1 atom stereocenters. The first-order valence-electron chi connectivity index (χ1n) is 6.07. The maximum absolute atomic E-state index is 12.3. The van der Waals surface area contributed by atoms with Crippen LogP contribution in [0.15, 0.2) is 53.1 Å². The van der Waals surface area contributed by atoms with Crippen LogP contribution in [-0.2, 0) is 0 Å². The molecule has 0 radical (unpaired) electrons. The first kappa shape index (κ1) is 11.8. The van der Waals surface area contributed by atoms with Gasteiger partial charge in [0.15, 0.2) is 5.78 Å². The van der Waals surface area contributed by atoms with Crippen molar-refractivity contribution in [1.82, 2.24) is 0 Å². The molecule has 0 heterocycles. The lowest BCUT2D eigenvalue weighted by molar-refractivity contribution is 0.0947. The number of allylic oxidation sites excluding steroid dienone is 4. The molecule has 1 aliphatic rings. The molecule has 0 aromatic heterocycles. The molecule has 1 aromatic rings. The minimum absolute atomic E-state index is 0.00824. The molecule has 0 fully saturated rings. The smallest absolute Gasteiger partial charge is 0.169 e. The molecule has 1 heteroatoms. The van der Waals surface area contributed by atoms with E-state index in [9.17, 15) is 4.79 Å². The lowest BCUT2D eigenvalue weighted by Gasteiger charge is -2.14. The first-order chi connectivity index (χ1) is 8.11. The third-order valence-corrected chi connectivity index (χ3v) is 3.68. The number of benzene rings is 1. The molecule has 2 rings (SSSR count). The van der Waals surface area contributed by atoms with E-state index in [4.69, 9.17) is 0 Å². The molecular weight excluding hydrogens is 208 g/mol. The third-order valence-electron chi connectivity index (χ3n) is 3.68. The summed E-state index contributed by atoms with van der Waals surface area (Å²) in [5, 5.41) is 0. The van der Waals surface area contributed by atoms with Crippen LogP contribution in [0.25, 0.3) is 0 Å². The SMILES string of the molecule is CC1=CCC(C(C)C(=O)c2ccccc2)=C1C. The molecule has 0 spiro atoms. The Morgan fingerprint density at radius 1 is 1.18 bits per heavy atom. The predicted molar refractivity (Wildman–Crippen MR) is 71.0 cm³/mol. The van der Waals surface area contributed by atoms with Gasteiger partial charge in [0, 0.05) is 11.5 Å². The van der Waals surface area contributed by atoms with Crippen molar-refractivity contribution in [1.29, 1.82) is 0 Å². The Hall–Kier alpha value is -1.63. The highest BCUT2D eigenvalue weighted by Crippen LogP contribution is 2.32. The van der Waals surface area contributed by atoms with E-state index in [2.05, 4.69) is 19.9 Å². The van der Waals surface area contributed by atoms with Gasteiger partial charge >= 0.3 is 0 Å². The van der Waals surface area contributed by atoms with Crippen molar-refractivity contribution in [2.45, 2.75) is 27.2 Å². The summed E-state index contributed by atoms with van der Waals surface area (Å²) in [6, 6.07) is 9.56.